The monoisotopic (exact) mass is 352 g/mol. The molecule has 1 atom stereocenters. The molecule has 0 fully saturated rings. The molecule has 1 aliphatic heterocycles. The Hall–Kier alpha value is -4.57. The number of nitrogens with two attached hydrogens (primary N) is 2. The molecule has 128 valence electrons. The van der Waals surface area contributed by atoms with Gasteiger partial charge in [-0.05, 0) is 11.4 Å². The zero-order valence-corrected chi connectivity index (χ0v) is 13.9. The van der Waals surface area contributed by atoms with Gasteiger partial charge < -0.3 is 16.8 Å². The van der Waals surface area contributed by atoms with Crippen molar-refractivity contribution in [2.24, 2.45) is 0 Å². The molecule has 0 bridgehead atoms. The number of allylic oxidation sites excluding steroid dienone is 2. The Balaban J connectivity index is 2.44. The highest BCUT2D eigenvalue weighted by atomic mass is 15.1. The largest absolute Gasteiger partial charge is 0.397 e. The van der Waals surface area contributed by atoms with Crippen LogP contribution >= 0.6 is 0 Å². The molecule has 0 radical (unpaired) electrons. The fourth-order valence-electron chi connectivity index (χ4n) is 3.06. The van der Waals surface area contributed by atoms with E-state index in [1.165, 1.54) is 0 Å². The summed E-state index contributed by atoms with van der Waals surface area (Å²) in [5.41, 5.74) is 13.5. The van der Waals surface area contributed by atoms with Gasteiger partial charge in [-0.2, -0.15) is 15.8 Å². The number of nitrogens with one attached hydrogen (secondary N) is 2. The van der Waals surface area contributed by atoms with Gasteiger partial charge in [0.05, 0.1) is 28.9 Å². The molecule has 2 aromatic rings. The summed E-state index contributed by atoms with van der Waals surface area (Å²) >= 11 is 0. The molecule has 3 rings (SSSR count). The molecule has 2 heterocycles. The van der Waals surface area contributed by atoms with E-state index in [0.717, 1.165) is 5.56 Å². The lowest BCUT2D eigenvalue weighted by atomic mass is 9.80. The zero-order chi connectivity index (χ0) is 19.6. The summed E-state index contributed by atoms with van der Waals surface area (Å²) in [7, 11) is 0. The first-order chi connectivity index (χ1) is 13.1. The topological polar surface area (TPSA) is 172 Å². The van der Waals surface area contributed by atoms with Gasteiger partial charge in [-0.25, -0.2) is 4.98 Å². The van der Waals surface area contributed by atoms with E-state index in [-0.39, 0.29) is 39.7 Å². The van der Waals surface area contributed by atoms with Gasteiger partial charge in [0, 0.05) is 5.56 Å². The van der Waals surface area contributed by atoms with Gasteiger partial charge >= 0.3 is 0 Å². The molecule has 8 nitrogen and oxygen atoms in total. The predicted octanol–water partition coefficient (Wildman–Crippen LogP) is 2.15. The van der Waals surface area contributed by atoms with Gasteiger partial charge in [0.1, 0.15) is 34.9 Å². The predicted molar refractivity (Wildman–Crippen MR) is 99.2 cm³/mol. The van der Waals surface area contributed by atoms with Crippen LogP contribution in [0.25, 0.3) is 0 Å². The summed E-state index contributed by atoms with van der Waals surface area (Å²) in [5, 5.41) is 38.7. The van der Waals surface area contributed by atoms with Crippen LogP contribution in [0.1, 0.15) is 22.6 Å². The van der Waals surface area contributed by atoms with Crippen LogP contribution < -0.4 is 16.8 Å². The Morgan fingerprint density at radius 2 is 1.81 bits per heavy atom. The molecular weight excluding hydrogens is 340 g/mol. The maximum atomic E-state index is 9.82. The standard InChI is InChI=1S/C19H12N8/c20-6-11(7-21)17-12(8-22)14(10-4-2-1-3-5-10)15-16(24)13(9-23)18(25)27-19(15)26-17/h1-5,14,20H,(H5,24,25,26,27). The summed E-state index contributed by atoms with van der Waals surface area (Å²) in [6.07, 6.45) is 0. The number of rotatable bonds is 2. The molecule has 0 saturated heterocycles. The molecule has 1 aliphatic rings. The third-order valence-electron chi connectivity index (χ3n) is 4.25. The summed E-state index contributed by atoms with van der Waals surface area (Å²) in [6.45, 7) is 0. The van der Waals surface area contributed by atoms with Gasteiger partial charge in [0.2, 0.25) is 0 Å². The van der Waals surface area contributed by atoms with Crippen LogP contribution in [0.2, 0.25) is 0 Å². The molecular formula is C19H12N8. The van der Waals surface area contributed by atoms with Crippen molar-refractivity contribution in [3.8, 4) is 18.2 Å². The third-order valence-corrected chi connectivity index (χ3v) is 4.25. The van der Waals surface area contributed by atoms with Crippen LogP contribution in [0.4, 0.5) is 17.3 Å². The average Bonchev–Trinajstić information content (AvgIpc) is 2.69. The number of anilines is 3. The average molecular weight is 352 g/mol. The number of nitriles is 3. The molecule has 1 aromatic carbocycles. The summed E-state index contributed by atoms with van der Waals surface area (Å²) < 4.78 is 0. The molecule has 1 aromatic heterocycles. The molecule has 1 unspecified atom stereocenters. The van der Waals surface area contributed by atoms with Crippen molar-refractivity contribution in [3.05, 3.63) is 63.9 Å². The minimum atomic E-state index is -0.681. The third kappa shape index (κ3) is 2.63. The maximum Gasteiger partial charge on any atom is 0.145 e. The first kappa shape index (κ1) is 17.3. The van der Waals surface area contributed by atoms with E-state index >= 15 is 0 Å². The summed E-state index contributed by atoms with van der Waals surface area (Å²) in [4.78, 5) is 4.20. The lowest BCUT2D eigenvalue weighted by molar-refractivity contribution is 0.934. The van der Waals surface area contributed by atoms with Crippen LogP contribution in [0.5, 0.6) is 0 Å². The van der Waals surface area contributed by atoms with E-state index in [1.807, 2.05) is 24.1 Å². The first-order valence-corrected chi connectivity index (χ1v) is 7.72. The SMILES string of the molecule is N#CC(=C=N)C1=C(C#N)C(c2ccccc2)c2c(nc(N)c(C#N)c2N)N1. The molecule has 0 spiro atoms. The van der Waals surface area contributed by atoms with Crippen LogP contribution in [0, 0.1) is 39.4 Å². The molecule has 8 heteroatoms. The number of nitrogens with zero attached hydrogens (tertiary/aromatic N) is 4. The van der Waals surface area contributed by atoms with E-state index in [9.17, 15) is 15.8 Å². The molecule has 0 aliphatic carbocycles. The van der Waals surface area contributed by atoms with Crippen LogP contribution in [-0.4, -0.2) is 10.9 Å². The lowest BCUT2D eigenvalue weighted by Gasteiger charge is -2.29. The van der Waals surface area contributed by atoms with Crippen LogP contribution in [0.15, 0.2) is 47.2 Å². The van der Waals surface area contributed by atoms with E-state index in [4.69, 9.17) is 16.9 Å². The number of benzene rings is 1. The first-order valence-electron chi connectivity index (χ1n) is 7.72. The van der Waals surface area contributed by atoms with Crippen molar-refractivity contribution >= 4 is 23.2 Å². The van der Waals surface area contributed by atoms with Crippen molar-refractivity contribution in [2.75, 3.05) is 16.8 Å². The fraction of sp³-hybridized carbons (Fsp3) is 0.0526. The maximum absolute atomic E-state index is 9.82. The molecule has 27 heavy (non-hydrogen) atoms. The number of nitrogen functional groups attached to an aromatic ring is 2. The highest BCUT2D eigenvalue weighted by Gasteiger charge is 2.35. The Morgan fingerprint density at radius 3 is 2.37 bits per heavy atom. The number of hydrogen-bond donors (Lipinski definition) is 4. The molecule has 0 amide bonds. The second-order valence-electron chi connectivity index (χ2n) is 5.64. The van der Waals surface area contributed by atoms with Crippen molar-refractivity contribution in [1.82, 2.24) is 4.98 Å². The highest BCUT2D eigenvalue weighted by Crippen LogP contribution is 2.46. The van der Waals surface area contributed by atoms with Crippen molar-refractivity contribution in [2.45, 2.75) is 5.92 Å². The van der Waals surface area contributed by atoms with Gasteiger partial charge in [-0.15, -0.1) is 0 Å². The van der Waals surface area contributed by atoms with E-state index in [0.29, 0.717) is 5.56 Å². The highest BCUT2D eigenvalue weighted by molar-refractivity contribution is 5.84. The van der Waals surface area contributed by atoms with E-state index < -0.39 is 5.92 Å². The summed E-state index contributed by atoms with van der Waals surface area (Å²) in [5.74, 6) is 1.52. The van der Waals surface area contributed by atoms with Crippen molar-refractivity contribution in [1.29, 1.82) is 21.2 Å². The van der Waals surface area contributed by atoms with Crippen LogP contribution in [-0.2, 0) is 0 Å². The van der Waals surface area contributed by atoms with Gasteiger partial charge in [0.25, 0.3) is 0 Å². The van der Waals surface area contributed by atoms with E-state index in [1.54, 1.807) is 24.3 Å². The molecule has 0 saturated carbocycles. The van der Waals surface area contributed by atoms with E-state index in [2.05, 4.69) is 16.4 Å². The Kier molecular flexibility index (Phi) is 4.31. The second-order valence-corrected chi connectivity index (χ2v) is 5.64. The smallest absolute Gasteiger partial charge is 0.145 e. The number of fused-ring (bicyclic) bond motifs is 1. The normalized spacial score (nSPS) is 14.6. The van der Waals surface area contributed by atoms with Gasteiger partial charge in [-0.3, -0.25) is 5.41 Å². The van der Waals surface area contributed by atoms with Crippen molar-refractivity contribution in [3.63, 3.8) is 0 Å². The summed E-state index contributed by atoms with van der Waals surface area (Å²) in [6, 6.07) is 14.9. The number of hydrogen-bond acceptors (Lipinski definition) is 8. The zero-order valence-electron chi connectivity index (χ0n) is 13.9. The quantitative estimate of drug-likeness (QED) is 0.473. The molecule has 6 N–H and O–H groups in total. The minimum absolute atomic E-state index is 0.0281. The van der Waals surface area contributed by atoms with Gasteiger partial charge in [-0.1, -0.05) is 30.3 Å². The minimum Gasteiger partial charge on any atom is -0.397 e. The van der Waals surface area contributed by atoms with Crippen molar-refractivity contribution < 1.29 is 0 Å². The Bertz CT molecular complexity index is 1150. The fourth-order valence-corrected chi connectivity index (χ4v) is 3.06. The second kappa shape index (κ2) is 6.74. The Morgan fingerprint density at radius 1 is 1.11 bits per heavy atom. The van der Waals surface area contributed by atoms with Gasteiger partial charge in [0.15, 0.2) is 0 Å². The number of aromatic nitrogens is 1. The van der Waals surface area contributed by atoms with Crippen LogP contribution in [0.3, 0.4) is 0 Å². The number of pyridine rings is 1. The Labute approximate surface area is 154 Å². The lowest BCUT2D eigenvalue weighted by Crippen LogP contribution is -2.23.